The molecule has 0 atom stereocenters. The Hall–Kier alpha value is -2.86. The van der Waals surface area contributed by atoms with Crippen LogP contribution in [0.25, 0.3) is 11.0 Å². The molecule has 6 heteroatoms. The molecule has 1 aromatic heterocycles. The van der Waals surface area contributed by atoms with Crippen LogP contribution in [-0.4, -0.2) is 59.0 Å². The minimum Gasteiger partial charge on any atom is -0.497 e. The van der Waals surface area contributed by atoms with E-state index in [2.05, 4.69) is 14.9 Å². The van der Waals surface area contributed by atoms with Crippen molar-refractivity contribution in [3.05, 3.63) is 59.9 Å². The van der Waals surface area contributed by atoms with Gasteiger partial charge in [-0.05, 0) is 36.2 Å². The van der Waals surface area contributed by atoms with Crippen molar-refractivity contribution < 1.29 is 9.53 Å². The van der Waals surface area contributed by atoms with Crippen molar-refractivity contribution in [3.63, 3.8) is 0 Å². The molecule has 1 N–H and O–H groups in total. The summed E-state index contributed by atoms with van der Waals surface area (Å²) in [4.78, 5) is 24.9. The Morgan fingerprint density at radius 1 is 1.07 bits per heavy atom. The zero-order chi connectivity index (χ0) is 19.3. The number of H-pyrrole nitrogens is 1. The molecule has 28 heavy (non-hydrogen) atoms. The van der Waals surface area contributed by atoms with Crippen molar-refractivity contribution in [2.45, 2.75) is 19.4 Å². The number of imidazole rings is 1. The standard InChI is InChI=1S/C22H26N4O2/c1-28-18-9-6-17(7-10-18)8-11-22(27)26-14-12-25(13-15-26)16-21-23-19-4-2-3-5-20(19)24-21/h2-7,9-10H,8,11-16H2,1H3,(H,23,24). The van der Waals surface area contributed by atoms with Gasteiger partial charge in [-0.25, -0.2) is 4.98 Å². The van der Waals surface area contributed by atoms with E-state index in [9.17, 15) is 4.79 Å². The topological polar surface area (TPSA) is 61.5 Å². The lowest BCUT2D eigenvalue weighted by atomic mass is 10.1. The maximum absolute atomic E-state index is 12.5. The van der Waals surface area contributed by atoms with Gasteiger partial charge in [-0.3, -0.25) is 9.69 Å². The second-order valence-corrected chi connectivity index (χ2v) is 7.21. The molecule has 0 spiro atoms. The summed E-state index contributed by atoms with van der Waals surface area (Å²) in [6.45, 7) is 4.11. The van der Waals surface area contributed by atoms with Gasteiger partial charge in [-0.1, -0.05) is 24.3 Å². The van der Waals surface area contributed by atoms with Crippen LogP contribution in [0, 0.1) is 0 Å². The average Bonchev–Trinajstić information content (AvgIpc) is 3.15. The Kier molecular flexibility index (Phi) is 5.58. The normalized spacial score (nSPS) is 15.1. The van der Waals surface area contributed by atoms with E-state index in [1.807, 2.05) is 53.4 Å². The minimum atomic E-state index is 0.235. The molecule has 0 unspecified atom stereocenters. The van der Waals surface area contributed by atoms with E-state index in [4.69, 9.17) is 4.74 Å². The molecule has 3 aromatic rings. The molecule has 146 valence electrons. The summed E-state index contributed by atoms with van der Waals surface area (Å²) in [5, 5.41) is 0. The molecule has 1 aliphatic heterocycles. The number of amides is 1. The lowest BCUT2D eigenvalue weighted by Gasteiger charge is -2.34. The minimum absolute atomic E-state index is 0.235. The fourth-order valence-electron chi connectivity index (χ4n) is 3.65. The van der Waals surface area contributed by atoms with Gasteiger partial charge in [-0.15, -0.1) is 0 Å². The fourth-order valence-corrected chi connectivity index (χ4v) is 3.65. The Balaban J connectivity index is 1.24. The summed E-state index contributed by atoms with van der Waals surface area (Å²) >= 11 is 0. The summed E-state index contributed by atoms with van der Waals surface area (Å²) in [6, 6.07) is 16.0. The Morgan fingerprint density at radius 2 is 1.82 bits per heavy atom. The van der Waals surface area contributed by atoms with Crippen molar-refractivity contribution in [3.8, 4) is 5.75 Å². The lowest BCUT2D eigenvalue weighted by Crippen LogP contribution is -2.48. The molecular formula is C22H26N4O2. The van der Waals surface area contributed by atoms with Gasteiger partial charge in [0.1, 0.15) is 11.6 Å². The molecule has 0 aliphatic carbocycles. The molecular weight excluding hydrogens is 352 g/mol. The van der Waals surface area contributed by atoms with Crippen LogP contribution in [0.1, 0.15) is 17.8 Å². The summed E-state index contributed by atoms with van der Waals surface area (Å²) in [5.74, 6) is 2.07. The van der Waals surface area contributed by atoms with Crippen LogP contribution in [0.4, 0.5) is 0 Å². The number of aromatic nitrogens is 2. The molecule has 4 rings (SSSR count). The number of carbonyl (C=O) groups is 1. The summed E-state index contributed by atoms with van der Waals surface area (Å²) in [7, 11) is 1.66. The van der Waals surface area contributed by atoms with E-state index in [0.717, 1.165) is 67.3 Å². The highest BCUT2D eigenvalue weighted by Crippen LogP contribution is 2.15. The number of hydrogen-bond donors (Lipinski definition) is 1. The van der Waals surface area contributed by atoms with Crippen molar-refractivity contribution >= 4 is 16.9 Å². The van der Waals surface area contributed by atoms with Crippen LogP contribution in [0.15, 0.2) is 48.5 Å². The third-order valence-electron chi connectivity index (χ3n) is 5.32. The first kappa shape index (κ1) is 18.5. The molecule has 1 fully saturated rings. The van der Waals surface area contributed by atoms with Crippen LogP contribution >= 0.6 is 0 Å². The highest BCUT2D eigenvalue weighted by atomic mass is 16.5. The van der Waals surface area contributed by atoms with Gasteiger partial charge >= 0.3 is 0 Å². The van der Waals surface area contributed by atoms with Gasteiger partial charge in [0.15, 0.2) is 0 Å². The molecule has 0 saturated carbocycles. The van der Waals surface area contributed by atoms with Gasteiger partial charge in [0.2, 0.25) is 5.91 Å². The number of hydrogen-bond acceptors (Lipinski definition) is 4. The summed E-state index contributed by atoms with van der Waals surface area (Å²) in [5.41, 5.74) is 3.24. The third-order valence-corrected chi connectivity index (χ3v) is 5.32. The third kappa shape index (κ3) is 4.34. The molecule has 1 aliphatic rings. The molecule has 6 nitrogen and oxygen atoms in total. The van der Waals surface area contributed by atoms with Crippen LogP contribution in [0.2, 0.25) is 0 Å². The number of para-hydroxylation sites is 2. The SMILES string of the molecule is COc1ccc(CCC(=O)N2CCN(Cc3nc4ccccc4[nH]3)CC2)cc1. The van der Waals surface area contributed by atoms with E-state index >= 15 is 0 Å². The van der Waals surface area contributed by atoms with Crippen molar-refractivity contribution in [2.75, 3.05) is 33.3 Å². The highest BCUT2D eigenvalue weighted by Gasteiger charge is 2.21. The van der Waals surface area contributed by atoms with E-state index < -0.39 is 0 Å². The molecule has 2 heterocycles. The van der Waals surface area contributed by atoms with Crippen molar-refractivity contribution in [2.24, 2.45) is 0 Å². The van der Waals surface area contributed by atoms with Crippen LogP contribution < -0.4 is 4.74 Å². The molecule has 2 aromatic carbocycles. The predicted octanol–water partition coefficient (Wildman–Crippen LogP) is 2.85. The number of aromatic amines is 1. The lowest BCUT2D eigenvalue weighted by molar-refractivity contribution is -0.133. The van der Waals surface area contributed by atoms with E-state index in [1.54, 1.807) is 7.11 Å². The van der Waals surface area contributed by atoms with E-state index in [0.29, 0.717) is 6.42 Å². The monoisotopic (exact) mass is 378 g/mol. The molecule has 0 bridgehead atoms. The molecule has 1 saturated heterocycles. The Morgan fingerprint density at radius 3 is 2.54 bits per heavy atom. The van der Waals surface area contributed by atoms with Gasteiger partial charge in [0.25, 0.3) is 0 Å². The van der Waals surface area contributed by atoms with Crippen molar-refractivity contribution in [1.82, 2.24) is 19.8 Å². The first-order valence-corrected chi connectivity index (χ1v) is 9.78. The Labute approximate surface area is 165 Å². The second-order valence-electron chi connectivity index (χ2n) is 7.21. The average molecular weight is 378 g/mol. The molecule has 0 radical (unpaired) electrons. The fraction of sp³-hybridized carbons (Fsp3) is 0.364. The van der Waals surface area contributed by atoms with Gasteiger partial charge in [0, 0.05) is 32.6 Å². The number of carbonyl (C=O) groups excluding carboxylic acids is 1. The zero-order valence-corrected chi connectivity index (χ0v) is 16.2. The first-order valence-electron chi connectivity index (χ1n) is 9.78. The van der Waals surface area contributed by atoms with Gasteiger partial charge in [0.05, 0.1) is 24.7 Å². The van der Waals surface area contributed by atoms with Crippen LogP contribution in [-0.2, 0) is 17.8 Å². The maximum atomic E-state index is 12.5. The number of nitrogens with zero attached hydrogens (tertiary/aromatic N) is 3. The zero-order valence-electron chi connectivity index (χ0n) is 16.2. The second kappa shape index (κ2) is 8.44. The number of piperazine rings is 1. The number of nitrogens with one attached hydrogen (secondary N) is 1. The van der Waals surface area contributed by atoms with E-state index in [-0.39, 0.29) is 5.91 Å². The smallest absolute Gasteiger partial charge is 0.222 e. The first-order chi connectivity index (χ1) is 13.7. The Bertz CT molecular complexity index is 894. The quantitative estimate of drug-likeness (QED) is 0.717. The van der Waals surface area contributed by atoms with E-state index in [1.165, 1.54) is 0 Å². The number of rotatable bonds is 6. The number of benzene rings is 2. The predicted molar refractivity (Wildman–Crippen MR) is 109 cm³/mol. The summed E-state index contributed by atoms with van der Waals surface area (Å²) < 4.78 is 5.17. The number of aryl methyl sites for hydroxylation is 1. The van der Waals surface area contributed by atoms with Crippen molar-refractivity contribution in [1.29, 1.82) is 0 Å². The maximum Gasteiger partial charge on any atom is 0.222 e. The summed E-state index contributed by atoms with van der Waals surface area (Å²) in [6.07, 6.45) is 1.32. The van der Waals surface area contributed by atoms with Gasteiger partial charge in [-0.2, -0.15) is 0 Å². The van der Waals surface area contributed by atoms with Gasteiger partial charge < -0.3 is 14.6 Å². The number of methoxy groups -OCH3 is 1. The largest absolute Gasteiger partial charge is 0.497 e. The van der Waals surface area contributed by atoms with Crippen LogP contribution in [0.5, 0.6) is 5.75 Å². The molecule has 1 amide bonds. The van der Waals surface area contributed by atoms with Crippen LogP contribution in [0.3, 0.4) is 0 Å². The highest BCUT2D eigenvalue weighted by molar-refractivity contribution is 5.76. The number of fused-ring (bicyclic) bond motifs is 1. The number of ether oxygens (including phenoxy) is 1.